The summed E-state index contributed by atoms with van der Waals surface area (Å²) in [5, 5.41) is 11.8. The molecule has 0 aliphatic rings. The van der Waals surface area contributed by atoms with Gasteiger partial charge < -0.3 is 15.5 Å². The van der Waals surface area contributed by atoms with Gasteiger partial charge in [-0.05, 0) is 27.7 Å². The number of halogens is 1. The van der Waals surface area contributed by atoms with E-state index >= 15 is 0 Å². The van der Waals surface area contributed by atoms with E-state index in [1.807, 2.05) is 20.8 Å². The number of rotatable bonds is 4. The second kappa shape index (κ2) is 5.85. The summed E-state index contributed by atoms with van der Waals surface area (Å²) in [5.74, 6) is 0.413. The van der Waals surface area contributed by atoms with E-state index in [0.29, 0.717) is 18.5 Å². The van der Waals surface area contributed by atoms with Gasteiger partial charge in [0, 0.05) is 4.88 Å². The van der Waals surface area contributed by atoms with Crippen LogP contribution in [0.4, 0.5) is 6.01 Å². The van der Waals surface area contributed by atoms with Gasteiger partial charge in [0.15, 0.2) is 0 Å². The Morgan fingerprint density at radius 1 is 1.32 bits per heavy atom. The van der Waals surface area contributed by atoms with Crippen LogP contribution in [0, 0.1) is 13.8 Å². The summed E-state index contributed by atoms with van der Waals surface area (Å²) >= 11 is 1.66. The molecule has 106 valence electrons. The third kappa shape index (κ3) is 3.89. The van der Waals surface area contributed by atoms with Crippen molar-refractivity contribution in [2.75, 3.05) is 5.32 Å². The quantitative estimate of drug-likeness (QED) is 0.901. The molecular formula is C11H18ClN5OS. The summed E-state index contributed by atoms with van der Waals surface area (Å²) in [4.78, 5) is 5.65. The molecule has 6 nitrogen and oxygen atoms in total. The number of aromatic nitrogens is 3. The van der Waals surface area contributed by atoms with Gasteiger partial charge in [0.05, 0.1) is 17.8 Å². The lowest BCUT2D eigenvalue weighted by molar-refractivity contribution is 0.384. The molecule has 19 heavy (non-hydrogen) atoms. The molecular weight excluding hydrogens is 286 g/mol. The number of anilines is 1. The molecule has 0 saturated heterocycles. The van der Waals surface area contributed by atoms with Crippen LogP contribution in [0.2, 0.25) is 0 Å². The molecule has 0 fully saturated rings. The van der Waals surface area contributed by atoms with E-state index in [9.17, 15) is 0 Å². The molecule has 0 bridgehead atoms. The van der Waals surface area contributed by atoms with Gasteiger partial charge in [-0.1, -0.05) is 5.10 Å². The number of nitrogens with one attached hydrogen (secondary N) is 1. The Bertz CT molecular complexity index is 526. The molecule has 0 aliphatic heterocycles. The van der Waals surface area contributed by atoms with E-state index in [2.05, 4.69) is 27.4 Å². The first kappa shape index (κ1) is 15.9. The van der Waals surface area contributed by atoms with Crippen LogP contribution < -0.4 is 11.1 Å². The van der Waals surface area contributed by atoms with Crippen LogP contribution >= 0.6 is 23.7 Å². The molecule has 0 saturated carbocycles. The molecule has 0 unspecified atom stereocenters. The van der Waals surface area contributed by atoms with Crippen LogP contribution in [0.25, 0.3) is 0 Å². The van der Waals surface area contributed by atoms with Crippen LogP contribution in [0.15, 0.2) is 4.42 Å². The van der Waals surface area contributed by atoms with Crippen molar-refractivity contribution in [3.05, 3.63) is 21.5 Å². The normalized spacial score (nSPS) is 11.2. The van der Waals surface area contributed by atoms with Crippen LogP contribution in [-0.2, 0) is 12.1 Å². The Hall–Kier alpha value is -1.18. The van der Waals surface area contributed by atoms with Crippen molar-refractivity contribution in [2.45, 2.75) is 39.8 Å². The summed E-state index contributed by atoms with van der Waals surface area (Å²) in [5.41, 5.74) is 6.30. The largest absolute Gasteiger partial charge is 0.406 e. The summed E-state index contributed by atoms with van der Waals surface area (Å²) in [6, 6.07) is 0.369. The first-order chi connectivity index (χ1) is 8.36. The molecule has 2 aromatic heterocycles. The molecule has 0 amide bonds. The Balaban J connectivity index is 0.00000180. The highest BCUT2D eigenvalue weighted by Crippen LogP contribution is 2.19. The predicted octanol–water partition coefficient (Wildman–Crippen LogP) is 2.37. The van der Waals surface area contributed by atoms with Gasteiger partial charge in [0.1, 0.15) is 5.01 Å². The smallest absolute Gasteiger partial charge is 0.315 e. The van der Waals surface area contributed by atoms with Crippen molar-refractivity contribution >= 4 is 29.8 Å². The van der Waals surface area contributed by atoms with Crippen LogP contribution in [-0.4, -0.2) is 15.2 Å². The highest BCUT2D eigenvalue weighted by Gasteiger charge is 2.21. The highest BCUT2D eigenvalue weighted by atomic mass is 35.5. The predicted molar refractivity (Wildman–Crippen MR) is 77.7 cm³/mol. The fourth-order valence-corrected chi connectivity index (χ4v) is 2.19. The van der Waals surface area contributed by atoms with Crippen molar-refractivity contribution in [3.8, 4) is 0 Å². The first-order valence-corrected chi connectivity index (χ1v) is 6.47. The maximum Gasteiger partial charge on any atom is 0.315 e. The van der Waals surface area contributed by atoms with E-state index in [1.54, 1.807) is 11.3 Å². The molecule has 2 heterocycles. The lowest BCUT2D eigenvalue weighted by Crippen LogP contribution is -2.29. The molecule has 8 heteroatoms. The van der Waals surface area contributed by atoms with Gasteiger partial charge in [-0.25, -0.2) is 4.98 Å². The maximum absolute atomic E-state index is 5.87. The highest BCUT2D eigenvalue weighted by molar-refractivity contribution is 7.11. The van der Waals surface area contributed by atoms with Crippen molar-refractivity contribution in [2.24, 2.45) is 5.73 Å². The maximum atomic E-state index is 5.87. The number of hydrogen-bond acceptors (Lipinski definition) is 7. The van der Waals surface area contributed by atoms with Crippen molar-refractivity contribution in [3.63, 3.8) is 0 Å². The number of nitrogens with zero attached hydrogens (tertiary/aromatic N) is 3. The third-order valence-electron chi connectivity index (χ3n) is 2.44. The van der Waals surface area contributed by atoms with Gasteiger partial charge >= 0.3 is 6.01 Å². The minimum atomic E-state index is -0.624. The lowest BCUT2D eigenvalue weighted by Gasteiger charge is -2.11. The van der Waals surface area contributed by atoms with E-state index in [-0.39, 0.29) is 12.4 Å². The Kier molecular flexibility index (Phi) is 4.89. The average molecular weight is 304 g/mol. The standard InChI is InChI=1S/C11H17N5OS.ClH/c1-6-7(2)18-8(14-6)5-13-10-16-15-9(17-10)11(3,4)12;/h5,12H2,1-4H3,(H,13,16);1H. The fourth-order valence-electron chi connectivity index (χ4n) is 1.32. The van der Waals surface area contributed by atoms with Crippen LogP contribution in [0.3, 0.4) is 0 Å². The zero-order valence-electron chi connectivity index (χ0n) is 11.4. The van der Waals surface area contributed by atoms with Crippen LogP contribution in [0.1, 0.15) is 35.3 Å². The first-order valence-electron chi connectivity index (χ1n) is 5.66. The zero-order valence-corrected chi connectivity index (χ0v) is 13.0. The number of hydrogen-bond donors (Lipinski definition) is 2. The molecule has 0 aromatic carbocycles. The Morgan fingerprint density at radius 3 is 2.47 bits per heavy atom. The summed E-state index contributed by atoms with van der Waals surface area (Å²) in [6.45, 7) is 8.26. The van der Waals surface area contributed by atoms with Crippen LogP contribution in [0.5, 0.6) is 0 Å². The monoisotopic (exact) mass is 303 g/mol. The number of aryl methyl sites for hydroxylation is 2. The number of nitrogens with two attached hydrogens (primary N) is 1. The van der Waals surface area contributed by atoms with Gasteiger partial charge in [0.2, 0.25) is 5.89 Å². The summed E-state index contributed by atoms with van der Waals surface area (Å²) in [7, 11) is 0. The molecule has 0 aliphatic carbocycles. The van der Waals surface area contributed by atoms with Gasteiger partial charge in [-0.15, -0.1) is 28.8 Å². The number of thiazole rings is 1. The van der Waals surface area contributed by atoms with Gasteiger partial charge in [-0.2, -0.15) is 0 Å². The van der Waals surface area contributed by atoms with Crippen molar-refractivity contribution in [1.29, 1.82) is 0 Å². The Morgan fingerprint density at radius 2 is 2.00 bits per heavy atom. The minimum absolute atomic E-state index is 0. The molecule has 0 atom stereocenters. The SMILES string of the molecule is Cc1nc(CNc2nnc(C(C)(C)N)o2)sc1C.Cl. The second-order valence-electron chi connectivity index (χ2n) is 4.74. The fraction of sp³-hybridized carbons (Fsp3) is 0.545. The summed E-state index contributed by atoms with van der Waals surface area (Å²) in [6.07, 6.45) is 0. The molecule has 0 radical (unpaired) electrons. The van der Waals surface area contributed by atoms with Crippen molar-refractivity contribution < 1.29 is 4.42 Å². The van der Waals surface area contributed by atoms with E-state index in [1.165, 1.54) is 4.88 Å². The topological polar surface area (TPSA) is 89.9 Å². The average Bonchev–Trinajstić information content (AvgIpc) is 2.83. The van der Waals surface area contributed by atoms with Gasteiger partial charge in [-0.3, -0.25) is 0 Å². The Labute approximate surface area is 122 Å². The zero-order chi connectivity index (χ0) is 13.3. The van der Waals surface area contributed by atoms with Crippen molar-refractivity contribution in [1.82, 2.24) is 15.2 Å². The van der Waals surface area contributed by atoms with E-state index in [4.69, 9.17) is 10.2 Å². The van der Waals surface area contributed by atoms with E-state index in [0.717, 1.165) is 10.7 Å². The van der Waals surface area contributed by atoms with Gasteiger partial charge in [0.25, 0.3) is 0 Å². The molecule has 2 rings (SSSR count). The summed E-state index contributed by atoms with van der Waals surface area (Å²) < 4.78 is 5.43. The molecule has 3 N–H and O–H groups in total. The molecule has 2 aromatic rings. The van der Waals surface area contributed by atoms with E-state index < -0.39 is 5.54 Å². The lowest BCUT2D eigenvalue weighted by atomic mass is 10.1. The molecule has 0 spiro atoms. The third-order valence-corrected chi connectivity index (χ3v) is 3.51. The minimum Gasteiger partial charge on any atom is -0.406 e. The second-order valence-corrected chi connectivity index (χ2v) is 6.02.